The molecule has 18 heavy (non-hydrogen) atoms. The summed E-state index contributed by atoms with van der Waals surface area (Å²) in [7, 11) is 1.64. The first kappa shape index (κ1) is 15.2. The van der Waals surface area contributed by atoms with Crippen LogP contribution in [0, 0.1) is 0 Å². The topological polar surface area (TPSA) is 51.2 Å². The molecule has 106 valence electrons. The molecule has 1 rings (SSSR count). The molecule has 0 saturated carbocycles. The lowest BCUT2D eigenvalue weighted by Gasteiger charge is -2.18. The zero-order valence-electron chi connectivity index (χ0n) is 11.4. The highest BCUT2D eigenvalue weighted by molar-refractivity contribution is 5.76. The Morgan fingerprint density at radius 3 is 2.17 bits per heavy atom. The summed E-state index contributed by atoms with van der Waals surface area (Å²) in [6.07, 6.45) is 0. The number of hydrogen-bond acceptors (Lipinski definition) is 4. The van der Waals surface area contributed by atoms with E-state index >= 15 is 0 Å². The first-order chi connectivity index (χ1) is 8.79. The van der Waals surface area contributed by atoms with Crippen molar-refractivity contribution in [3.63, 3.8) is 0 Å². The molecule has 0 atom stereocenters. The number of amides is 2. The highest BCUT2D eigenvalue weighted by Gasteiger charge is 2.27. The zero-order valence-corrected chi connectivity index (χ0v) is 11.4. The van der Waals surface area contributed by atoms with E-state index in [4.69, 9.17) is 14.2 Å². The van der Waals surface area contributed by atoms with Crippen LogP contribution in [-0.4, -0.2) is 82.2 Å². The van der Waals surface area contributed by atoms with E-state index in [-0.39, 0.29) is 6.03 Å². The highest BCUT2D eigenvalue weighted by atomic mass is 16.5. The number of carbonyl (C=O) groups excluding carboxylic acids is 1. The number of ether oxygens (including phenoxy) is 3. The Morgan fingerprint density at radius 2 is 1.61 bits per heavy atom. The quantitative estimate of drug-likeness (QED) is 0.534. The molecular formula is C12H24N2O4. The normalized spacial score (nSPS) is 15.8. The molecule has 1 aliphatic rings. The van der Waals surface area contributed by atoms with Crippen molar-refractivity contribution in [1.82, 2.24) is 9.80 Å². The first-order valence-corrected chi connectivity index (χ1v) is 6.47. The number of urea groups is 1. The fourth-order valence-electron chi connectivity index (χ4n) is 1.79. The summed E-state index contributed by atoms with van der Waals surface area (Å²) in [5, 5.41) is 0. The molecular weight excluding hydrogens is 236 g/mol. The van der Waals surface area contributed by atoms with Gasteiger partial charge < -0.3 is 24.0 Å². The number of hydrogen-bond donors (Lipinski definition) is 0. The van der Waals surface area contributed by atoms with Gasteiger partial charge in [-0.2, -0.15) is 0 Å². The summed E-state index contributed by atoms with van der Waals surface area (Å²) in [5.74, 6) is 0. The Labute approximate surface area is 109 Å². The van der Waals surface area contributed by atoms with E-state index in [1.807, 2.05) is 16.7 Å². The molecule has 0 bridgehead atoms. The molecule has 0 N–H and O–H groups in total. The van der Waals surface area contributed by atoms with E-state index in [0.717, 1.165) is 13.1 Å². The molecule has 1 fully saturated rings. The van der Waals surface area contributed by atoms with Crippen LogP contribution in [-0.2, 0) is 14.2 Å². The molecule has 1 aliphatic heterocycles. The van der Waals surface area contributed by atoms with Crippen LogP contribution in [0.5, 0.6) is 0 Å². The minimum absolute atomic E-state index is 0.0880. The Kier molecular flexibility index (Phi) is 7.71. The van der Waals surface area contributed by atoms with Crippen LogP contribution in [0.25, 0.3) is 0 Å². The zero-order chi connectivity index (χ0) is 13.2. The number of nitrogens with zero attached hydrogens (tertiary/aromatic N) is 2. The van der Waals surface area contributed by atoms with Gasteiger partial charge in [0.1, 0.15) is 0 Å². The van der Waals surface area contributed by atoms with Gasteiger partial charge in [0.25, 0.3) is 0 Å². The van der Waals surface area contributed by atoms with Gasteiger partial charge in [-0.25, -0.2) is 4.79 Å². The molecule has 0 aromatic rings. The van der Waals surface area contributed by atoms with Crippen molar-refractivity contribution in [3.05, 3.63) is 0 Å². The third-order valence-corrected chi connectivity index (χ3v) is 2.83. The van der Waals surface area contributed by atoms with Crippen LogP contribution in [0.2, 0.25) is 0 Å². The molecule has 0 radical (unpaired) electrons. The number of rotatable bonds is 10. The minimum atomic E-state index is 0.0880. The van der Waals surface area contributed by atoms with Crippen LogP contribution >= 0.6 is 0 Å². The predicted octanol–water partition coefficient (Wildman–Crippen LogP) is 0.424. The predicted molar refractivity (Wildman–Crippen MR) is 67.7 cm³/mol. The van der Waals surface area contributed by atoms with E-state index in [0.29, 0.717) is 46.1 Å². The van der Waals surface area contributed by atoms with Gasteiger partial charge in [-0.1, -0.05) is 0 Å². The average molecular weight is 260 g/mol. The van der Waals surface area contributed by atoms with E-state index in [1.54, 1.807) is 7.11 Å². The molecule has 1 saturated heterocycles. The lowest BCUT2D eigenvalue weighted by molar-refractivity contribution is 0.0627. The summed E-state index contributed by atoms with van der Waals surface area (Å²) < 4.78 is 15.5. The average Bonchev–Trinajstić information content (AvgIpc) is 2.71. The van der Waals surface area contributed by atoms with Gasteiger partial charge in [-0.3, -0.25) is 0 Å². The molecule has 0 aromatic heterocycles. The Hall–Kier alpha value is -0.850. The molecule has 2 amide bonds. The van der Waals surface area contributed by atoms with Crippen LogP contribution in [0.4, 0.5) is 4.79 Å². The third kappa shape index (κ3) is 5.20. The molecule has 1 heterocycles. The molecule has 0 unspecified atom stereocenters. The maximum Gasteiger partial charge on any atom is 0.320 e. The standard InChI is InChI=1S/C12H24N2O4/c1-3-17-8-6-13-4-5-14(12(13)15)7-9-18-11-10-16-2/h3-11H2,1-2H3. The van der Waals surface area contributed by atoms with E-state index in [2.05, 4.69) is 0 Å². The minimum Gasteiger partial charge on any atom is -0.382 e. The smallest absolute Gasteiger partial charge is 0.320 e. The van der Waals surface area contributed by atoms with Crippen LogP contribution in [0.1, 0.15) is 6.92 Å². The van der Waals surface area contributed by atoms with Crippen LogP contribution in [0.3, 0.4) is 0 Å². The fraction of sp³-hybridized carbons (Fsp3) is 0.917. The highest BCUT2D eigenvalue weighted by Crippen LogP contribution is 2.07. The molecule has 0 spiro atoms. The van der Waals surface area contributed by atoms with E-state index in [1.165, 1.54) is 0 Å². The molecule has 6 nitrogen and oxygen atoms in total. The number of carbonyl (C=O) groups is 1. The van der Waals surface area contributed by atoms with Gasteiger partial charge in [0.2, 0.25) is 0 Å². The summed E-state index contributed by atoms with van der Waals surface area (Å²) in [6.45, 7) is 7.87. The van der Waals surface area contributed by atoms with E-state index < -0.39 is 0 Å². The first-order valence-electron chi connectivity index (χ1n) is 6.47. The van der Waals surface area contributed by atoms with Crippen LogP contribution < -0.4 is 0 Å². The fourth-order valence-corrected chi connectivity index (χ4v) is 1.79. The van der Waals surface area contributed by atoms with Gasteiger partial charge in [-0.15, -0.1) is 0 Å². The van der Waals surface area contributed by atoms with Gasteiger partial charge >= 0.3 is 6.03 Å². The molecule has 0 aromatic carbocycles. The van der Waals surface area contributed by atoms with Crippen molar-refractivity contribution in [1.29, 1.82) is 0 Å². The Morgan fingerprint density at radius 1 is 1.00 bits per heavy atom. The van der Waals surface area contributed by atoms with Crippen molar-refractivity contribution in [3.8, 4) is 0 Å². The second-order valence-corrected chi connectivity index (χ2v) is 4.06. The number of methoxy groups -OCH3 is 1. The van der Waals surface area contributed by atoms with Crippen molar-refractivity contribution < 1.29 is 19.0 Å². The lowest BCUT2D eigenvalue weighted by atomic mass is 10.5. The van der Waals surface area contributed by atoms with Gasteiger partial charge in [0.15, 0.2) is 0 Å². The Balaban J connectivity index is 2.11. The summed E-state index contributed by atoms with van der Waals surface area (Å²) in [6, 6.07) is 0.0880. The second-order valence-electron chi connectivity index (χ2n) is 4.06. The van der Waals surface area contributed by atoms with Crippen LogP contribution in [0.15, 0.2) is 0 Å². The Bertz CT molecular complexity index is 238. The SMILES string of the molecule is CCOCCN1CCN(CCOCCOC)C1=O. The monoisotopic (exact) mass is 260 g/mol. The summed E-state index contributed by atoms with van der Waals surface area (Å²) >= 11 is 0. The maximum atomic E-state index is 11.9. The van der Waals surface area contributed by atoms with Gasteiger partial charge in [0, 0.05) is 39.9 Å². The lowest BCUT2D eigenvalue weighted by Crippen LogP contribution is -2.35. The van der Waals surface area contributed by atoms with Gasteiger partial charge in [0.05, 0.1) is 26.4 Å². The maximum absolute atomic E-state index is 11.9. The van der Waals surface area contributed by atoms with Crippen molar-refractivity contribution in [2.45, 2.75) is 6.92 Å². The largest absolute Gasteiger partial charge is 0.382 e. The van der Waals surface area contributed by atoms with E-state index in [9.17, 15) is 4.79 Å². The second kappa shape index (κ2) is 9.13. The summed E-state index contributed by atoms with van der Waals surface area (Å²) in [4.78, 5) is 15.6. The molecule has 0 aliphatic carbocycles. The van der Waals surface area contributed by atoms with Crippen molar-refractivity contribution in [2.75, 3.05) is 66.3 Å². The van der Waals surface area contributed by atoms with Gasteiger partial charge in [-0.05, 0) is 6.92 Å². The molecule has 6 heteroatoms. The third-order valence-electron chi connectivity index (χ3n) is 2.83. The van der Waals surface area contributed by atoms with Crippen molar-refractivity contribution >= 4 is 6.03 Å². The summed E-state index contributed by atoms with van der Waals surface area (Å²) in [5.41, 5.74) is 0. The van der Waals surface area contributed by atoms with Crippen molar-refractivity contribution in [2.24, 2.45) is 0 Å².